The van der Waals surface area contributed by atoms with Crippen LogP contribution in [0.5, 0.6) is 0 Å². The van der Waals surface area contributed by atoms with E-state index in [1.807, 2.05) is 12.1 Å². The largest absolute Gasteiger partial charge is 0.295 e. The highest BCUT2D eigenvalue weighted by Gasteiger charge is 2.24. The molecule has 1 aromatic rings. The van der Waals surface area contributed by atoms with Gasteiger partial charge >= 0.3 is 0 Å². The second-order valence-electron chi connectivity index (χ2n) is 4.19. The van der Waals surface area contributed by atoms with E-state index in [4.69, 9.17) is 5.26 Å². The number of hydrogen-bond acceptors (Lipinski definition) is 2. The van der Waals surface area contributed by atoms with Gasteiger partial charge in [0.2, 0.25) is 0 Å². The zero-order valence-corrected chi connectivity index (χ0v) is 9.52. The van der Waals surface area contributed by atoms with E-state index in [1.54, 1.807) is 24.3 Å². The van der Waals surface area contributed by atoms with Crippen LogP contribution in [0, 0.1) is 17.2 Å². The first-order valence-corrected chi connectivity index (χ1v) is 5.60. The summed E-state index contributed by atoms with van der Waals surface area (Å²) in [5.41, 5.74) is 2.73. The Balaban J connectivity index is 2.19. The van der Waals surface area contributed by atoms with Gasteiger partial charge in [0, 0.05) is 5.92 Å². The first-order chi connectivity index (χ1) is 8.24. The van der Waals surface area contributed by atoms with Gasteiger partial charge in [0.05, 0.1) is 11.6 Å². The quantitative estimate of drug-likeness (QED) is 0.739. The molecule has 2 heteroatoms. The lowest BCUT2D eigenvalue weighted by atomic mass is 9.97. The van der Waals surface area contributed by atoms with Gasteiger partial charge in [-0.2, -0.15) is 5.26 Å². The summed E-state index contributed by atoms with van der Waals surface area (Å²) < 4.78 is 0. The molecule has 1 atom stereocenters. The second-order valence-corrected chi connectivity index (χ2v) is 4.19. The van der Waals surface area contributed by atoms with E-state index in [0.29, 0.717) is 5.56 Å². The van der Waals surface area contributed by atoms with E-state index in [-0.39, 0.29) is 11.7 Å². The number of ketones is 1. The van der Waals surface area contributed by atoms with E-state index in [0.717, 1.165) is 24.0 Å². The summed E-state index contributed by atoms with van der Waals surface area (Å²) in [5.74, 6) is 0.238. The predicted octanol–water partition coefficient (Wildman–Crippen LogP) is 3.11. The molecule has 0 N–H and O–H groups in total. The number of nitriles is 1. The van der Waals surface area contributed by atoms with Crippen LogP contribution in [0.3, 0.4) is 0 Å². The molecule has 17 heavy (non-hydrogen) atoms. The minimum Gasteiger partial charge on any atom is -0.295 e. The van der Waals surface area contributed by atoms with Crippen molar-refractivity contribution in [3.63, 3.8) is 0 Å². The molecule has 0 aliphatic heterocycles. The smallest absolute Gasteiger partial charge is 0.159 e. The molecule has 0 bridgehead atoms. The SMILES string of the molecule is C=CCC1CC(c2ccc(C#N)cc2)=CC1=O. The molecule has 1 aliphatic rings. The van der Waals surface area contributed by atoms with Crippen LogP contribution in [0.2, 0.25) is 0 Å². The highest BCUT2D eigenvalue weighted by molar-refractivity contribution is 6.03. The maximum atomic E-state index is 11.7. The van der Waals surface area contributed by atoms with Crippen LogP contribution < -0.4 is 0 Å². The molecular formula is C15H13NO. The van der Waals surface area contributed by atoms with Gasteiger partial charge in [0.25, 0.3) is 0 Å². The fourth-order valence-electron chi connectivity index (χ4n) is 2.08. The lowest BCUT2D eigenvalue weighted by Crippen LogP contribution is -2.04. The molecule has 0 fully saturated rings. The zero-order valence-electron chi connectivity index (χ0n) is 9.52. The fraction of sp³-hybridized carbons (Fsp3) is 0.200. The Bertz CT molecular complexity index is 517. The van der Waals surface area contributed by atoms with Gasteiger partial charge in [0.1, 0.15) is 0 Å². The van der Waals surface area contributed by atoms with Crippen LogP contribution in [0.4, 0.5) is 0 Å². The number of carbonyl (C=O) groups excluding carboxylic acids is 1. The van der Waals surface area contributed by atoms with Crippen molar-refractivity contribution in [2.24, 2.45) is 5.92 Å². The third-order valence-electron chi connectivity index (χ3n) is 3.02. The van der Waals surface area contributed by atoms with Crippen LogP contribution in [0.25, 0.3) is 5.57 Å². The lowest BCUT2D eigenvalue weighted by Gasteiger charge is -2.06. The van der Waals surface area contributed by atoms with Crippen LogP contribution >= 0.6 is 0 Å². The highest BCUT2D eigenvalue weighted by atomic mass is 16.1. The number of hydrogen-bond donors (Lipinski definition) is 0. The predicted molar refractivity (Wildman–Crippen MR) is 67.1 cm³/mol. The zero-order chi connectivity index (χ0) is 12.3. The van der Waals surface area contributed by atoms with Crippen LogP contribution in [-0.4, -0.2) is 5.78 Å². The summed E-state index contributed by atoms with van der Waals surface area (Å²) in [6, 6.07) is 9.43. The summed E-state index contributed by atoms with van der Waals surface area (Å²) in [5, 5.41) is 8.72. The molecule has 0 saturated heterocycles. The molecule has 84 valence electrons. The topological polar surface area (TPSA) is 40.9 Å². The average molecular weight is 223 g/mol. The van der Waals surface area contributed by atoms with E-state index in [1.165, 1.54) is 0 Å². The molecule has 1 unspecified atom stereocenters. The molecule has 0 aromatic heterocycles. The summed E-state index contributed by atoms with van der Waals surface area (Å²) in [7, 11) is 0. The number of benzene rings is 1. The van der Waals surface area contributed by atoms with Crippen molar-refractivity contribution in [3.05, 3.63) is 54.1 Å². The van der Waals surface area contributed by atoms with Gasteiger partial charge in [-0.05, 0) is 42.2 Å². The molecule has 0 spiro atoms. The van der Waals surface area contributed by atoms with E-state index >= 15 is 0 Å². The standard InChI is InChI=1S/C15H13NO/c1-2-3-13-8-14(9-15(13)17)12-6-4-11(10-16)5-7-12/h2,4-7,9,13H,1,3,8H2. The van der Waals surface area contributed by atoms with E-state index < -0.39 is 0 Å². The van der Waals surface area contributed by atoms with Crippen molar-refractivity contribution in [1.82, 2.24) is 0 Å². The Morgan fingerprint density at radius 2 is 2.12 bits per heavy atom. The van der Waals surface area contributed by atoms with Crippen molar-refractivity contribution in [2.45, 2.75) is 12.8 Å². The first kappa shape index (κ1) is 11.3. The summed E-state index contributed by atoms with van der Waals surface area (Å²) in [4.78, 5) is 11.7. The Kier molecular flexibility index (Phi) is 3.20. The lowest BCUT2D eigenvalue weighted by molar-refractivity contribution is -0.117. The molecular weight excluding hydrogens is 210 g/mol. The normalized spacial score (nSPS) is 18.6. The van der Waals surface area contributed by atoms with Crippen LogP contribution in [-0.2, 0) is 4.79 Å². The Morgan fingerprint density at radius 1 is 1.41 bits per heavy atom. The summed E-state index contributed by atoms with van der Waals surface area (Å²) in [6.45, 7) is 3.67. The van der Waals surface area contributed by atoms with E-state index in [9.17, 15) is 4.79 Å². The molecule has 2 rings (SSSR count). The van der Waals surface area contributed by atoms with Crippen molar-refractivity contribution in [2.75, 3.05) is 0 Å². The van der Waals surface area contributed by atoms with Crippen molar-refractivity contribution < 1.29 is 4.79 Å². The number of nitrogens with zero attached hydrogens (tertiary/aromatic N) is 1. The van der Waals surface area contributed by atoms with Crippen molar-refractivity contribution in [3.8, 4) is 6.07 Å². The molecule has 0 saturated carbocycles. The van der Waals surface area contributed by atoms with Crippen LogP contribution in [0.15, 0.2) is 43.0 Å². The number of carbonyl (C=O) groups is 1. The highest BCUT2D eigenvalue weighted by Crippen LogP contribution is 2.32. The molecule has 0 radical (unpaired) electrons. The van der Waals surface area contributed by atoms with Gasteiger partial charge in [-0.1, -0.05) is 18.2 Å². The van der Waals surface area contributed by atoms with Crippen LogP contribution in [0.1, 0.15) is 24.0 Å². The van der Waals surface area contributed by atoms with Gasteiger partial charge in [0.15, 0.2) is 5.78 Å². The third-order valence-corrected chi connectivity index (χ3v) is 3.02. The molecule has 0 heterocycles. The second kappa shape index (κ2) is 4.80. The van der Waals surface area contributed by atoms with Crippen molar-refractivity contribution in [1.29, 1.82) is 5.26 Å². The average Bonchev–Trinajstić information content (AvgIpc) is 2.72. The third kappa shape index (κ3) is 2.34. The molecule has 1 aromatic carbocycles. The Morgan fingerprint density at radius 3 is 2.71 bits per heavy atom. The van der Waals surface area contributed by atoms with Gasteiger partial charge in [-0.15, -0.1) is 6.58 Å². The minimum atomic E-state index is 0.0538. The maximum absolute atomic E-state index is 11.7. The summed E-state index contributed by atoms with van der Waals surface area (Å²) in [6.07, 6.45) is 5.01. The monoisotopic (exact) mass is 223 g/mol. The van der Waals surface area contributed by atoms with E-state index in [2.05, 4.69) is 12.6 Å². The van der Waals surface area contributed by atoms with Gasteiger partial charge in [-0.25, -0.2) is 0 Å². The number of allylic oxidation sites excluding steroid dienone is 3. The summed E-state index contributed by atoms with van der Waals surface area (Å²) >= 11 is 0. The molecule has 0 amide bonds. The van der Waals surface area contributed by atoms with Gasteiger partial charge < -0.3 is 0 Å². The Labute approximate surface area is 101 Å². The minimum absolute atomic E-state index is 0.0538. The molecule has 2 nitrogen and oxygen atoms in total. The number of rotatable bonds is 3. The first-order valence-electron chi connectivity index (χ1n) is 5.60. The van der Waals surface area contributed by atoms with Gasteiger partial charge in [-0.3, -0.25) is 4.79 Å². The molecule has 1 aliphatic carbocycles. The fourth-order valence-corrected chi connectivity index (χ4v) is 2.08. The van der Waals surface area contributed by atoms with Crippen molar-refractivity contribution >= 4 is 11.4 Å². The Hall–Kier alpha value is -2.14. The maximum Gasteiger partial charge on any atom is 0.159 e.